The number of nitrogens with two attached hydrogens (primary N) is 1. The molecule has 1 fully saturated rings. The highest BCUT2D eigenvalue weighted by Crippen LogP contribution is 2.25. The summed E-state index contributed by atoms with van der Waals surface area (Å²) in [6, 6.07) is 16.0. The van der Waals surface area contributed by atoms with E-state index in [2.05, 4.69) is 45.1 Å². The average Bonchev–Trinajstić information content (AvgIpc) is 2.91. The van der Waals surface area contributed by atoms with Crippen molar-refractivity contribution in [3.05, 3.63) is 53.0 Å². The first-order chi connectivity index (χ1) is 9.70. The number of anilines is 2. The van der Waals surface area contributed by atoms with Crippen molar-refractivity contribution in [2.75, 3.05) is 23.7 Å². The van der Waals surface area contributed by atoms with Gasteiger partial charge in [-0.05, 0) is 48.5 Å². The molecule has 1 unspecified atom stereocenters. The molecule has 0 saturated carbocycles. The van der Waals surface area contributed by atoms with E-state index in [4.69, 9.17) is 10.5 Å². The van der Waals surface area contributed by atoms with Crippen LogP contribution in [0.15, 0.2) is 53.0 Å². The second-order valence-corrected chi connectivity index (χ2v) is 5.94. The Morgan fingerprint density at radius 1 is 1.05 bits per heavy atom. The molecule has 0 bridgehead atoms. The lowest BCUT2D eigenvalue weighted by molar-refractivity contribution is 0.225. The molecule has 0 spiro atoms. The summed E-state index contributed by atoms with van der Waals surface area (Å²) in [5.41, 5.74) is 7.69. The summed E-state index contributed by atoms with van der Waals surface area (Å²) in [4.78, 5) is 2.36. The van der Waals surface area contributed by atoms with Crippen molar-refractivity contribution in [2.45, 2.75) is 12.5 Å². The van der Waals surface area contributed by atoms with Gasteiger partial charge in [0.1, 0.15) is 11.9 Å². The number of nitrogen functional groups attached to an aromatic ring is 1. The molecule has 1 atom stereocenters. The first-order valence-corrected chi connectivity index (χ1v) is 7.53. The van der Waals surface area contributed by atoms with Gasteiger partial charge in [-0.25, -0.2) is 0 Å². The van der Waals surface area contributed by atoms with Crippen LogP contribution in [0, 0.1) is 0 Å². The monoisotopic (exact) mass is 332 g/mol. The van der Waals surface area contributed by atoms with E-state index in [-0.39, 0.29) is 6.10 Å². The highest BCUT2D eigenvalue weighted by molar-refractivity contribution is 9.10. The fourth-order valence-corrected chi connectivity index (χ4v) is 2.71. The van der Waals surface area contributed by atoms with E-state index >= 15 is 0 Å². The molecule has 0 radical (unpaired) electrons. The summed E-state index contributed by atoms with van der Waals surface area (Å²) in [6.07, 6.45) is 1.28. The third-order valence-electron chi connectivity index (χ3n) is 3.52. The van der Waals surface area contributed by atoms with Crippen molar-refractivity contribution in [3.63, 3.8) is 0 Å². The first-order valence-electron chi connectivity index (χ1n) is 6.73. The maximum atomic E-state index is 6.00. The predicted molar refractivity (Wildman–Crippen MR) is 86.2 cm³/mol. The number of halogens is 1. The molecular weight excluding hydrogens is 316 g/mol. The van der Waals surface area contributed by atoms with Crippen LogP contribution in [-0.2, 0) is 0 Å². The van der Waals surface area contributed by atoms with Crippen LogP contribution in [0.5, 0.6) is 5.75 Å². The van der Waals surface area contributed by atoms with E-state index < -0.39 is 0 Å². The van der Waals surface area contributed by atoms with E-state index in [9.17, 15) is 0 Å². The minimum absolute atomic E-state index is 0.238. The molecule has 2 aromatic rings. The fraction of sp³-hybridized carbons (Fsp3) is 0.250. The van der Waals surface area contributed by atoms with E-state index in [0.717, 1.165) is 35.4 Å². The molecule has 0 amide bonds. The minimum Gasteiger partial charge on any atom is -0.489 e. The molecule has 1 aliphatic heterocycles. The molecule has 4 heteroatoms. The Hall–Kier alpha value is -1.68. The Bertz CT molecular complexity index is 568. The van der Waals surface area contributed by atoms with Gasteiger partial charge in [-0.1, -0.05) is 15.9 Å². The molecule has 0 aromatic heterocycles. The Morgan fingerprint density at radius 2 is 1.75 bits per heavy atom. The molecular formula is C16H17BrN2O. The number of hydrogen-bond acceptors (Lipinski definition) is 3. The van der Waals surface area contributed by atoms with E-state index in [1.54, 1.807) is 0 Å². The molecule has 1 saturated heterocycles. The SMILES string of the molecule is Nc1ccc(OC2CCN(c3ccc(Br)cc3)C2)cc1. The summed E-state index contributed by atoms with van der Waals surface area (Å²) in [7, 11) is 0. The van der Waals surface area contributed by atoms with Crippen LogP contribution in [0.25, 0.3) is 0 Å². The van der Waals surface area contributed by atoms with Crippen molar-refractivity contribution >= 4 is 27.3 Å². The van der Waals surface area contributed by atoms with Gasteiger partial charge in [0.15, 0.2) is 0 Å². The van der Waals surface area contributed by atoms with Gasteiger partial charge in [-0.3, -0.25) is 0 Å². The molecule has 3 nitrogen and oxygen atoms in total. The molecule has 1 heterocycles. The summed E-state index contributed by atoms with van der Waals surface area (Å²) >= 11 is 3.46. The minimum atomic E-state index is 0.238. The normalized spacial score (nSPS) is 18.2. The number of benzene rings is 2. The Kier molecular flexibility index (Phi) is 3.83. The van der Waals surface area contributed by atoms with Crippen LogP contribution in [0.1, 0.15) is 6.42 Å². The zero-order valence-electron chi connectivity index (χ0n) is 11.1. The molecule has 0 aliphatic carbocycles. The maximum absolute atomic E-state index is 6.00. The Balaban J connectivity index is 1.62. The van der Waals surface area contributed by atoms with E-state index in [1.165, 1.54) is 5.69 Å². The number of nitrogens with zero attached hydrogens (tertiary/aromatic N) is 1. The maximum Gasteiger partial charge on any atom is 0.119 e. The predicted octanol–water partition coefficient (Wildman–Crippen LogP) is 3.69. The highest BCUT2D eigenvalue weighted by atomic mass is 79.9. The second-order valence-electron chi connectivity index (χ2n) is 5.02. The smallest absolute Gasteiger partial charge is 0.119 e. The fourth-order valence-electron chi connectivity index (χ4n) is 2.45. The lowest BCUT2D eigenvalue weighted by Crippen LogP contribution is -2.24. The molecule has 1 aliphatic rings. The largest absolute Gasteiger partial charge is 0.489 e. The van der Waals surface area contributed by atoms with E-state index in [0.29, 0.717) is 0 Å². The topological polar surface area (TPSA) is 38.5 Å². The van der Waals surface area contributed by atoms with Crippen LogP contribution < -0.4 is 15.4 Å². The van der Waals surface area contributed by atoms with Crippen LogP contribution in [0.3, 0.4) is 0 Å². The van der Waals surface area contributed by atoms with Gasteiger partial charge in [-0.15, -0.1) is 0 Å². The molecule has 3 rings (SSSR count). The van der Waals surface area contributed by atoms with Crippen molar-refractivity contribution in [3.8, 4) is 5.75 Å². The van der Waals surface area contributed by atoms with Crippen molar-refractivity contribution in [1.82, 2.24) is 0 Å². The summed E-state index contributed by atoms with van der Waals surface area (Å²) in [5.74, 6) is 0.891. The molecule has 20 heavy (non-hydrogen) atoms. The van der Waals surface area contributed by atoms with Gasteiger partial charge in [0.25, 0.3) is 0 Å². The van der Waals surface area contributed by atoms with Crippen LogP contribution in [0.4, 0.5) is 11.4 Å². The van der Waals surface area contributed by atoms with Gasteiger partial charge in [0, 0.05) is 28.8 Å². The van der Waals surface area contributed by atoms with Crippen LogP contribution in [-0.4, -0.2) is 19.2 Å². The Morgan fingerprint density at radius 3 is 2.45 bits per heavy atom. The number of ether oxygens (including phenoxy) is 1. The lowest BCUT2D eigenvalue weighted by atomic mass is 10.3. The standard InChI is InChI=1S/C16H17BrN2O/c17-12-1-5-14(6-2-12)19-10-9-16(11-19)20-15-7-3-13(18)4-8-15/h1-8,16H,9-11,18H2. The first kappa shape index (κ1) is 13.3. The lowest BCUT2D eigenvalue weighted by Gasteiger charge is -2.19. The third-order valence-corrected chi connectivity index (χ3v) is 4.05. The number of rotatable bonds is 3. The Labute approximate surface area is 127 Å². The zero-order chi connectivity index (χ0) is 13.9. The van der Waals surface area contributed by atoms with Gasteiger partial charge < -0.3 is 15.4 Å². The van der Waals surface area contributed by atoms with Gasteiger partial charge in [0.2, 0.25) is 0 Å². The van der Waals surface area contributed by atoms with Crippen LogP contribution >= 0.6 is 15.9 Å². The average molecular weight is 333 g/mol. The van der Waals surface area contributed by atoms with Gasteiger partial charge in [0.05, 0.1) is 6.54 Å². The van der Waals surface area contributed by atoms with Crippen molar-refractivity contribution in [2.24, 2.45) is 0 Å². The molecule has 104 valence electrons. The van der Waals surface area contributed by atoms with Gasteiger partial charge >= 0.3 is 0 Å². The summed E-state index contributed by atoms with van der Waals surface area (Å²) in [5, 5.41) is 0. The van der Waals surface area contributed by atoms with Crippen LogP contribution in [0.2, 0.25) is 0 Å². The highest BCUT2D eigenvalue weighted by Gasteiger charge is 2.24. The molecule has 2 N–H and O–H groups in total. The summed E-state index contributed by atoms with van der Waals surface area (Å²) < 4.78 is 7.11. The second kappa shape index (κ2) is 5.75. The molecule has 2 aromatic carbocycles. The van der Waals surface area contributed by atoms with Crippen molar-refractivity contribution < 1.29 is 4.74 Å². The van der Waals surface area contributed by atoms with E-state index in [1.807, 2.05) is 24.3 Å². The van der Waals surface area contributed by atoms with Crippen molar-refractivity contribution in [1.29, 1.82) is 0 Å². The third kappa shape index (κ3) is 3.07. The zero-order valence-corrected chi connectivity index (χ0v) is 12.7. The number of hydrogen-bond donors (Lipinski definition) is 1. The van der Waals surface area contributed by atoms with Gasteiger partial charge in [-0.2, -0.15) is 0 Å². The quantitative estimate of drug-likeness (QED) is 0.871. The summed E-state index contributed by atoms with van der Waals surface area (Å²) in [6.45, 7) is 1.95.